The van der Waals surface area contributed by atoms with Crippen LogP contribution in [0.1, 0.15) is 36.1 Å². The Balaban J connectivity index is 1.93. The predicted molar refractivity (Wildman–Crippen MR) is 91.8 cm³/mol. The molecule has 0 radical (unpaired) electrons. The van der Waals surface area contributed by atoms with Crippen molar-refractivity contribution < 1.29 is 9.53 Å². The number of amides is 1. The van der Waals surface area contributed by atoms with Crippen molar-refractivity contribution in [1.82, 2.24) is 0 Å². The lowest BCUT2D eigenvalue weighted by atomic mass is 9.93. The molecule has 2 aromatic carbocycles. The average molecular weight is 310 g/mol. The van der Waals surface area contributed by atoms with Crippen molar-refractivity contribution >= 4 is 11.6 Å². The molecule has 2 aromatic rings. The Labute approximate surface area is 136 Å². The van der Waals surface area contributed by atoms with E-state index in [1.807, 2.05) is 48.2 Å². The summed E-state index contributed by atoms with van der Waals surface area (Å²) >= 11 is 0. The SMILES string of the molecule is CCN1C(=O)CCc2cc(C(N)c3cccc(OC)c3)ccc21. The summed E-state index contributed by atoms with van der Waals surface area (Å²) in [4.78, 5) is 13.8. The van der Waals surface area contributed by atoms with Gasteiger partial charge in [0.15, 0.2) is 0 Å². The van der Waals surface area contributed by atoms with Crippen LogP contribution in [-0.4, -0.2) is 19.6 Å². The minimum atomic E-state index is -0.205. The molecule has 23 heavy (non-hydrogen) atoms. The second-order valence-electron chi connectivity index (χ2n) is 5.78. The lowest BCUT2D eigenvalue weighted by molar-refractivity contribution is -0.118. The molecule has 0 saturated heterocycles. The number of hydrogen-bond acceptors (Lipinski definition) is 3. The second-order valence-corrected chi connectivity index (χ2v) is 5.78. The van der Waals surface area contributed by atoms with Gasteiger partial charge in [0.25, 0.3) is 0 Å². The van der Waals surface area contributed by atoms with Gasteiger partial charge in [-0.2, -0.15) is 0 Å². The first-order valence-corrected chi connectivity index (χ1v) is 7.96. The van der Waals surface area contributed by atoms with Gasteiger partial charge < -0.3 is 15.4 Å². The lowest BCUT2D eigenvalue weighted by Crippen LogP contribution is -2.34. The highest BCUT2D eigenvalue weighted by molar-refractivity contribution is 5.96. The number of anilines is 1. The Morgan fingerprint density at radius 2 is 1.96 bits per heavy atom. The molecular formula is C19H22N2O2. The number of benzene rings is 2. The first-order chi connectivity index (χ1) is 11.1. The summed E-state index contributed by atoms with van der Waals surface area (Å²) in [6.07, 6.45) is 1.35. The molecule has 1 unspecified atom stereocenters. The number of hydrogen-bond donors (Lipinski definition) is 1. The summed E-state index contributed by atoms with van der Waals surface area (Å²) in [5.41, 5.74) is 10.7. The second kappa shape index (κ2) is 6.42. The molecule has 4 nitrogen and oxygen atoms in total. The van der Waals surface area contributed by atoms with E-state index < -0.39 is 0 Å². The molecule has 2 N–H and O–H groups in total. The molecule has 1 atom stereocenters. The molecular weight excluding hydrogens is 288 g/mol. The van der Waals surface area contributed by atoms with E-state index in [9.17, 15) is 4.79 Å². The van der Waals surface area contributed by atoms with Crippen molar-refractivity contribution in [3.63, 3.8) is 0 Å². The van der Waals surface area contributed by atoms with Crippen molar-refractivity contribution in [2.45, 2.75) is 25.8 Å². The molecule has 1 aliphatic heterocycles. The number of nitrogens with two attached hydrogens (primary N) is 1. The highest BCUT2D eigenvalue weighted by Crippen LogP contribution is 2.31. The highest BCUT2D eigenvalue weighted by Gasteiger charge is 2.23. The van der Waals surface area contributed by atoms with Gasteiger partial charge in [-0.05, 0) is 48.2 Å². The van der Waals surface area contributed by atoms with Crippen LogP contribution >= 0.6 is 0 Å². The van der Waals surface area contributed by atoms with Gasteiger partial charge >= 0.3 is 0 Å². The topological polar surface area (TPSA) is 55.6 Å². The van der Waals surface area contributed by atoms with Gasteiger partial charge in [0.1, 0.15) is 5.75 Å². The molecule has 0 bridgehead atoms. The van der Waals surface area contributed by atoms with Crippen LogP contribution in [0.25, 0.3) is 0 Å². The van der Waals surface area contributed by atoms with Crippen molar-refractivity contribution in [1.29, 1.82) is 0 Å². The maximum absolute atomic E-state index is 12.0. The van der Waals surface area contributed by atoms with E-state index in [0.717, 1.165) is 29.0 Å². The lowest BCUT2D eigenvalue weighted by Gasteiger charge is -2.29. The largest absolute Gasteiger partial charge is 0.497 e. The van der Waals surface area contributed by atoms with Gasteiger partial charge in [0.05, 0.1) is 13.2 Å². The van der Waals surface area contributed by atoms with E-state index in [1.54, 1.807) is 7.11 Å². The summed E-state index contributed by atoms with van der Waals surface area (Å²) in [5, 5.41) is 0. The van der Waals surface area contributed by atoms with Crippen LogP contribution in [-0.2, 0) is 11.2 Å². The predicted octanol–water partition coefficient (Wildman–Crippen LogP) is 3.04. The van der Waals surface area contributed by atoms with E-state index in [1.165, 1.54) is 5.56 Å². The third-order valence-electron chi connectivity index (χ3n) is 4.43. The fourth-order valence-corrected chi connectivity index (χ4v) is 3.15. The fourth-order valence-electron chi connectivity index (χ4n) is 3.15. The van der Waals surface area contributed by atoms with Crippen LogP contribution < -0.4 is 15.4 Å². The number of carbonyl (C=O) groups excluding carboxylic acids is 1. The molecule has 0 aromatic heterocycles. The average Bonchev–Trinajstić information content (AvgIpc) is 2.60. The number of carbonyl (C=O) groups is 1. The van der Waals surface area contributed by atoms with Crippen LogP contribution in [0.5, 0.6) is 5.75 Å². The number of methoxy groups -OCH3 is 1. The third-order valence-corrected chi connectivity index (χ3v) is 4.43. The molecule has 0 spiro atoms. The third kappa shape index (κ3) is 2.94. The number of fused-ring (bicyclic) bond motifs is 1. The highest BCUT2D eigenvalue weighted by atomic mass is 16.5. The zero-order chi connectivity index (χ0) is 16.4. The zero-order valence-electron chi connectivity index (χ0n) is 13.6. The van der Waals surface area contributed by atoms with Crippen LogP contribution in [0.3, 0.4) is 0 Å². The van der Waals surface area contributed by atoms with E-state index in [0.29, 0.717) is 13.0 Å². The number of aryl methyl sites for hydroxylation is 1. The van der Waals surface area contributed by atoms with E-state index in [2.05, 4.69) is 6.07 Å². The Bertz CT molecular complexity index is 727. The Morgan fingerprint density at radius 1 is 1.17 bits per heavy atom. The van der Waals surface area contributed by atoms with Gasteiger partial charge in [-0.1, -0.05) is 24.3 Å². The number of ether oxygens (including phenoxy) is 1. The van der Waals surface area contributed by atoms with Crippen molar-refractivity contribution in [2.75, 3.05) is 18.6 Å². The first kappa shape index (κ1) is 15.6. The maximum atomic E-state index is 12.0. The quantitative estimate of drug-likeness (QED) is 0.944. The van der Waals surface area contributed by atoms with Crippen LogP contribution in [0, 0.1) is 0 Å². The van der Waals surface area contributed by atoms with Gasteiger partial charge in [-0.25, -0.2) is 0 Å². The Hall–Kier alpha value is -2.33. The van der Waals surface area contributed by atoms with Crippen LogP contribution in [0.2, 0.25) is 0 Å². The van der Waals surface area contributed by atoms with Gasteiger partial charge in [-0.15, -0.1) is 0 Å². The summed E-state index contributed by atoms with van der Waals surface area (Å²) in [6.45, 7) is 2.70. The zero-order valence-corrected chi connectivity index (χ0v) is 13.6. The number of nitrogens with zero attached hydrogens (tertiary/aromatic N) is 1. The molecule has 120 valence electrons. The molecule has 1 amide bonds. The molecule has 1 heterocycles. The van der Waals surface area contributed by atoms with Crippen molar-refractivity contribution in [3.8, 4) is 5.75 Å². The van der Waals surface area contributed by atoms with Crippen molar-refractivity contribution in [2.24, 2.45) is 5.73 Å². The van der Waals surface area contributed by atoms with Gasteiger partial charge in [0, 0.05) is 18.7 Å². The summed E-state index contributed by atoms with van der Waals surface area (Å²) < 4.78 is 5.27. The maximum Gasteiger partial charge on any atom is 0.227 e. The minimum absolute atomic E-state index is 0.199. The molecule has 0 fully saturated rings. The molecule has 3 rings (SSSR count). The molecule has 4 heteroatoms. The standard InChI is InChI=1S/C19H22N2O2/c1-3-21-17-9-7-15(11-13(17)8-10-18(21)22)19(20)14-5-4-6-16(12-14)23-2/h4-7,9,11-12,19H,3,8,10,20H2,1-2H3. The summed E-state index contributed by atoms with van der Waals surface area (Å²) in [6, 6.07) is 13.8. The molecule has 1 aliphatic rings. The summed E-state index contributed by atoms with van der Waals surface area (Å²) in [5.74, 6) is 1.00. The Morgan fingerprint density at radius 3 is 2.70 bits per heavy atom. The van der Waals surface area contributed by atoms with Crippen molar-refractivity contribution in [3.05, 3.63) is 59.2 Å². The monoisotopic (exact) mass is 310 g/mol. The summed E-state index contributed by atoms with van der Waals surface area (Å²) in [7, 11) is 1.65. The van der Waals surface area contributed by atoms with E-state index in [4.69, 9.17) is 10.5 Å². The first-order valence-electron chi connectivity index (χ1n) is 7.96. The van der Waals surface area contributed by atoms with Crippen LogP contribution in [0.4, 0.5) is 5.69 Å². The van der Waals surface area contributed by atoms with E-state index >= 15 is 0 Å². The molecule has 0 aliphatic carbocycles. The van der Waals surface area contributed by atoms with Gasteiger partial charge in [0.2, 0.25) is 5.91 Å². The van der Waals surface area contributed by atoms with Gasteiger partial charge in [-0.3, -0.25) is 4.79 Å². The smallest absolute Gasteiger partial charge is 0.227 e. The fraction of sp³-hybridized carbons (Fsp3) is 0.316. The van der Waals surface area contributed by atoms with Crippen LogP contribution in [0.15, 0.2) is 42.5 Å². The van der Waals surface area contributed by atoms with E-state index in [-0.39, 0.29) is 11.9 Å². The minimum Gasteiger partial charge on any atom is -0.497 e. The normalized spacial score (nSPS) is 15.3. The molecule has 0 saturated carbocycles. The Kier molecular flexibility index (Phi) is 4.35. The number of rotatable bonds is 4.